The van der Waals surface area contributed by atoms with Crippen molar-refractivity contribution in [1.29, 1.82) is 0 Å². The SMILES string of the molecule is CCCCOc1ccc(S(=O)(=O)Nc2ccccc2[N+](=O)[O-])cc1. The molecule has 2 aromatic rings. The second-order valence-corrected chi connectivity index (χ2v) is 6.74. The molecule has 0 bridgehead atoms. The van der Waals surface area contributed by atoms with Crippen LogP contribution in [0, 0.1) is 10.1 Å². The summed E-state index contributed by atoms with van der Waals surface area (Å²) >= 11 is 0. The monoisotopic (exact) mass is 350 g/mol. The van der Waals surface area contributed by atoms with Crippen LogP contribution in [-0.4, -0.2) is 19.9 Å². The van der Waals surface area contributed by atoms with Crippen molar-refractivity contribution in [3.63, 3.8) is 0 Å². The minimum Gasteiger partial charge on any atom is -0.494 e. The Morgan fingerprint density at radius 1 is 1.12 bits per heavy atom. The zero-order chi connectivity index (χ0) is 17.6. The van der Waals surface area contributed by atoms with E-state index in [4.69, 9.17) is 4.74 Å². The Morgan fingerprint density at radius 3 is 2.42 bits per heavy atom. The molecule has 24 heavy (non-hydrogen) atoms. The molecule has 0 aliphatic carbocycles. The molecule has 7 nitrogen and oxygen atoms in total. The van der Waals surface area contributed by atoms with Gasteiger partial charge in [-0.2, -0.15) is 0 Å². The quantitative estimate of drug-likeness (QED) is 0.446. The number of nitro groups is 1. The molecule has 1 N–H and O–H groups in total. The van der Waals surface area contributed by atoms with E-state index in [1.807, 2.05) is 6.92 Å². The number of nitro benzene ring substituents is 1. The molecule has 0 aromatic heterocycles. The van der Waals surface area contributed by atoms with Gasteiger partial charge in [-0.25, -0.2) is 8.42 Å². The minimum absolute atomic E-state index is 0.00323. The molecular weight excluding hydrogens is 332 g/mol. The lowest BCUT2D eigenvalue weighted by Gasteiger charge is -2.09. The minimum atomic E-state index is -3.92. The highest BCUT2D eigenvalue weighted by Gasteiger charge is 2.20. The van der Waals surface area contributed by atoms with E-state index >= 15 is 0 Å². The maximum atomic E-state index is 12.4. The molecule has 0 aliphatic rings. The van der Waals surface area contributed by atoms with Crippen molar-refractivity contribution in [1.82, 2.24) is 0 Å². The fraction of sp³-hybridized carbons (Fsp3) is 0.250. The number of sulfonamides is 1. The third-order valence-electron chi connectivity index (χ3n) is 3.25. The van der Waals surface area contributed by atoms with Crippen LogP contribution in [0.2, 0.25) is 0 Å². The van der Waals surface area contributed by atoms with E-state index in [1.54, 1.807) is 12.1 Å². The third-order valence-corrected chi connectivity index (χ3v) is 4.63. The van der Waals surface area contributed by atoms with Crippen LogP contribution in [0.15, 0.2) is 53.4 Å². The van der Waals surface area contributed by atoms with Crippen molar-refractivity contribution in [3.05, 3.63) is 58.6 Å². The van der Waals surface area contributed by atoms with Crippen LogP contribution in [0.3, 0.4) is 0 Å². The first-order valence-corrected chi connectivity index (χ1v) is 8.91. The Morgan fingerprint density at radius 2 is 1.79 bits per heavy atom. The number of ether oxygens (including phenoxy) is 1. The highest BCUT2D eigenvalue weighted by atomic mass is 32.2. The molecule has 0 spiro atoms. The molecule has 0 unspecified atom stereocenters. The standard InChI is InChI=1S/C16H18N2O5S/c1-2-3-12-23-13-8-10-14(11-9-13)24(21,22)17-15-6-4-5-7-16(15)18(19)20/h4-11,17H,2-3,12H2,1H3. The molecule has 0 amide bonds. The van der Waals surface area contributed by atoms with Crippen LogP contribution in [0.5, 0.6) is 5.75 Å². The number of unbranched alkanes of at least 4 members (excludes halogenated alkanes) is 1. The number of benzene rings is 2. The van der Waals surface area contributed by atoms with E-state index in [2.05, 4.69) is 4.72 Å². The third kappa shape index (κ3) is 4.45. The summed E-state index contributed by atoms with van der Waals surface area (Å²) in [5, 5.41) is 11.0. The van der Waals surface area contributed by atoms with Crippen LogP contribution in [0.4, 0.5) is 11.4 Å². The molecule has 0 heterocycles. The zero-order valence-electron chi connectivity index (χ0n) is 13.1. The van der Waals surface area contributed by atoms with Crippen molar-refractivity contribution in [3.8, 4) is 5.75 Å². The summed E-state index contributed by atoms with van der Waals surface area (Å²) in [6.45, 7) is 2.62. The van der Waals surface area contributed by atoms with Crippen LogP contribution in [-0.2, 0) is 10.0 Å². The molecular formula is C16H18N2O5S. The van der Waals surface area contributed by atoms with Gasteiger partial charge in [-0.05, 0) is 36.8 Å². The largest absolute Gasteiger partial charge is 0.494 e. The Labute approximate surface area is 140 Å². The summed E-state index contributed by atoms with van der Waals surface area (Å²) in [5.41, 5.74) is -0.383. The maximum Gasteiger partial charge on any atom is 0.293 e. The highest BCUT2D eigenvalue weighted by Crippen LogP contribution is 2.26. The summed E-state index contributed by atoms with van der Waals surface area (Å²) in [6, 6.07) is 11.5. The van der Waals surface area contributed by atoms with E-state index < -0.39 is 14.9 Å². The number of para-hydroxylation sites is 2. The number of rotatable bonds is 8. The lowest BCUT2D eigenvalue weighted by Crippen LogP contribution is -2.14. The first-order valence-electron chi connectivity index (χ1n) is 7.43. The van der Waals surface area contributed by atoms with Crippen LogP contribution in [0.1, 0.15) is 19.8 Å². The Balaban J connectivity index is 2.17. The summed E-state index contributed by atoms with van der Waals surface area (Å²) in [7, 11) is -3.92. The average Bonchev–Trinajstić information content (AvgIpc) is 2.55. The second kappa shape index (κ2) is 7.78. The first-order chi connectivity index (χ1) is 11.4. The van der Waals surface area contributed by atoms with Gasteiger partial charge in [-0.3, -0.25) is 14.8 Å². The van der Waals surface area contributed by atoms with Gasteiger partial charge in [0.15, 0.2) is 0 Å². The molecule has 0 atom stereocenters. The van der Waals surface area contributed by atoms with Gasteiger partial charge in [-0.15, -0.1) is 0 Å². The van der Waals surface area contributed by atoms with Gasteiger partial charge < -0.3 is 4.74 Å². The van der Waals surface area contributed by atoms with Crippen molar-refractivity contribution in [2.45, 2.75) is 24.7 Å². The highest BCUT2D eigenvalue weighted by molar-refractivity contribution is 7.92. The molecule has 128 valence electrons. The van der Waals surface area contributed by atoms with E-state index in [0.29, 0.717) is 12.4 Å². The van der Waals surface area contributed by atoms with Crippen LogP contribution >= 0.6 is 0 Å². The summed E-state index contributed by atoms with van der Waals surface area (Å²) in [4.78, 5) is 10.3. The van der Waals surface area contributed by atoms with Gasteiger partial charge in [0.2, 0.25) is 0 Å². The van der Waals surface area contributed by atoms with Gasteiger partial charge >= 0.3 is 0 Å². The van der Waals surface area contributed by atoms with Crippen LogP contribution in [0.25, 0.3) is 0 Å². The number of nitrogens with one attached hydrogen (secondary N) is 1. The van der Waals surface area contributed by atoms with Crippen molar-refractivity contribution in [2.75, 3.05) is 11.3 Å². The van der Waals surface area contributed by atoms with E-state index in [9.17, 15) is 18.5 Å². The predicted molar refractivity (Wildman–Crippen MR) is 90.7 cm³/mol. The normalized spacial score (nSPS) is 11.0. The summed E-state index contributed by atoms with van der Waals surface area (Å²) in [5.74, 6) is 0.577. The van der Waals surface area contributed by atoms with Gasteiger partial charge in [0.1, 0.15) is 11.4 Å². The number of anilines is 1. The van der Waals surface area contributed by atoms with Crippen molar-refractivity contribution < 1.29 is 18.1 Å². The van der Waals surface area contributed by atoms with Gasteiger partial charge in [0.05, 0.1) is 16.4 Å². The summed E-state index contributed by atoms with van der Waals surface area (Å²) in [6.07, 6.45) is 1.92. The fourth-order valence-electron chi connectivity index (χ4n) is 1.97. The molecule has 0 saturated heterocycles. The molecule has 2 aromatic carbocycles. The average molecular weight is 350 g/mol. The van der Waals surface area contributed by atoms with E-state index in [0.717, 1.165) is 12.8 Å². The molecule has 0 fully saturated rings. The molecule has 0 radical (unpaired) electrons. The Kier molecular flexibility index (Phi) is 5.75. The topological polar surface area (TPSA) is 98.5 Å². The van der Waals surface area contributed by atoms with E-state index in [1.165, 1.54) is 36.4 Å². The maximum absolute atomic E-state index is 12.4. The molecule has 0 aliphatic heterocycles. The van der Waals surface area contributed by atoms with Gasteiger partial charge in [-0.1, -0.05) is 25.5 Å². The zero-order valence-corrected chi connectivity index (χ0v) is 14.0. The lowest BCUT2D eigenvalue weighted by atomic mass is 10.3. The lowest BCUT2D eigenvalue weighted by molar-refractivity contribution is -0.383. The van der Waals surface area contributed by atoms with Gasteiger partial charge in [0, 0.05) is 6.07 Å². The fourth-order valence-corrected chi connectivity index (χ4v) is 3.05. The molecule has 2 rings (SSSR count). The second-order valence-electron chi connectivity index (χ2n) is 5.05. The first kappa shape index (κ1) is 17.7. The van der Waals surface area contributed by atoms with Crippen LogP contribution < -0.4 is 9.46 Å². The van der Waals surface area contributed by atoms with Crippen molar-refractivity contribution >= 4 is 21.4 Å². The van der Waals surface area contributed by atoms with Gasteiger partial charge in [0.25, 0.3) is 15.7 Å². The summed E-state index contributed by atoms with van der Waals surface area (Å²) < 4.78 is 32.5. The predicted octanol–water partition coefficient (Wildman–Crippen LogP) is 3.57. The van der Waals surface area contributed by atoms with Crippen molar-refractivity contribution in [2.24, 2.45) is 0 Å². The number of hydrogen-bond acceptors (Lipinski definition) is 5. The number of hydrogen-bond donors (Lipinski definition) is 1. The smallest absolute Gasteiger partial charge is 0.293 e. The van der Waals surface area contributed by atoms with E-state index in [-0.39, 0.29) is 16.3 Å². The Hall–Kier alpha value is -2.61. The molecule has 8 heteroatoms. The number of nitrogens with zero attached hydrogens (tertiary/aromatic N) is 1. The Bertz CT molecular complexity index is 803. The molecule has 0 saturated carbocycles.